The standard InChI is InChI=1S/C10H17ClN2/c1-3-4-9(2)8-13-6-5-12-10(13)7-11/h5-6,9H,3-4,7-8H2,1-2H3. The summed E-state index contributed by atoms with van der Waals surface area (Å²) in [4.78, 5) is 4.18. The fourth-order valence-electron chi connectivity index (χ4n) is 1.56. The first kappa shape index (κ1) is 10.6. The quantitative estimate of drug-likeness (QED) is 0.669. The molecule has 0 N–H and O–H groups in total. The molecule has 0 fully saturated rings. The molecule has 0 saturated heterocycles. The highest BCUT2D eigenvalue weighted by molar-refractivity contribution is 6.16. The molecule has 0 bridgehead atoms. The van der Waals surface area contributed by atoms with Gasteiger partial charge in [-0.25, -0.2) is 4.98 Å². The Balaban J connectivity index is 2.52. The van der Waals surface area contributed by atoms with Crippen molar-refractivity contribution in [1.29, 1.82) is 0 Å². The van der Waals surface area contributed by atoms with Crippen molar-refractivity contribution in [3.63, 3.8) is 0 Å². The fourth-order valence-corrected chi connectivity index (χ4v) is 1.78. The molecule has 0 saturated carbocycles. The van der Waals surface area contributed by atoms with Gasteiger partial charge < -0.3 is 4.57 Å². The third-order valence-corrected chi connectivity index (χ3v) is 2.45. The van der Waals surface area contributed by atoms with Gasteiger partial charge in [-0.15, -0.1) is 11.6 Å². The van der Waals surface area contributed by atoms with Crippen LogP contribution in [0.25, 0.3) is 0 Å². The summed E-state index contributed by atoms with van der Waals surface area (Å²) >= 11 is 5.75. The number of imidazole rings is 1. The molecule has 13 heavy (non-hydrogen) atoms. The summed E-state index contributed by atoms with van der Waals surface area (Å²) in [7, 11) is 0. The van der Waals surface area contributed by atoms with Gasteiger partial charge in [0.05, 0.1) is 5.88 Å². The van der Waals surface area contributed by atoms with Crippen LogP contribution in [-0.4, -0.2) is 9.55 Å². The Labute approximate surface area is 84.9 Å². The van der Waals surface area contributed by atoms with Crippen LogP contribution in [0.5, 0.6) is 0 Å². The number of nitrogens with zero attached hydrogens (tertiary/aromatic N) is 2. The molecule has 0 amide bonds. The van der Waals surface area contributed by atoms with E-state index in [1.165, 1.54) is 12.8 Å². The van der Waals surface area contributed by atoms with Gasteiger partial charge in [-0.2, -0.15) is 0 Å². The highest BCUT2D eigenvalue weighted by atomic mass is 35.5. The van der Waals surface area contributed by atoms with Crippen LogP contribution in [0, 0.1) is 5.92 Å². The SMILES string of the molecule is CCCC(C)Cn1ccnc1CCl. The molecule has 0 aromatic carbocycles. The Hall–Kier alpha value is -0.500. The van der Waals surface area contributed by atoms with Crippen LogP contribution < -0.4 is 0 Å². The minimum Gasteiger partial charge on any atom is -0.334 e. The van der Waals surface area contributed by atoms with Crippen molar-refractivity contribution in [3.8, 4) is 0 Å². The zero-order valence-corrected chi connectivity index (χ0v) is 9.09. The largest absolute Gasteiger partial charge is 0.334 e. The molecule has 1 unspecified atom stereocenters. The van der Waals surface area contributed by atoms with Crippen molar-refractivity contribution in [2.75, 3.05) is 0 Å². The van der Waals surface area contributed by atoms with Crippen molar-refractivity contribution in [1.82, 2.24) is 9.55 Å². The summed E-state index contributed by atoms with van der Waals surface area (Å²) in [5.41, 5.74) is 0. The molecule has 3 heteroatoms. The summed E-state index contributed by atoms with van der Waals surface area (Å²) in [6.45, 7) is 5.52. The van der Waals surface area contributed by atoms with Crippen LogP contribution in [0.1, 0.15) is 32.5 Å². The lowest BCUT2D eigenvalue weighted by molar-refractivity contribution is 0.439. The Kier molecular flexibility index (Phi) is 4.29. The first-order valence-electron chi connectivity index (χ1n) is 4.83. The van der Waals surface area contributed by atoms with Gasteiger partial charge in [-0.05, 0) is 12.3 Å². The van der Waals surface area contributed by atoms with Gasteiger partial charge in [-0.1, -0.05) is 20.3 Å². The van der Waals surface area contributed by atoms with Gasteiger partial charge in [0.15, 0.2) is 0 Å². The van der Waals surface area contributed by atoms with Crippen LogP contribution in [0.3, 0.4) is 0 Å². The predicted molar refractivity (Wildman–Crippen MR) is 55.9 cm³/mol. The van der Waals surface area contributed by atoms with Crippen LogP contribution >= 0.6 is 11.6 Å². The molecule has 2 nitrogen and oxygen atoms in total. The van der Waals surface area contributed by atoms with Crippen LogP contribution in [0.2, 0.25) is 0 Å². The maximum atomic E-state index is 5.75. The molecular formula is C10H17ClN2. The van der Waals surface area contributed by atoms with Crippen LogP contribution in [0.4, 0.5) is 0 Å². The Morgan fingerprint density at radius 1 is 1.62 bits per heavy atom. The van der Waals surface area contributed by atoms with Gasteiger partial charge in [0, 0.05) is 18.9 Å². The Morgan fingerprint density at radius 3 is 3.00 bits per heavy atom. The van der Waals surface area contributed by atoms with E-state index in [1.807, 2.05) is 12.4 Å². The lowest BCUT2D eigenvalue weighted by Gasteiger charge is -2.12. The normalized spacial score (nSPS) is 13.2. The smallest absolute Gasteiger partial charge is 0.123 e. The van der Waals surface area contributed by atoms with Crippen molar-refractivity contribution in [2.45, 2.75) is 39.1 Å². The second-order valence-electron chi connectivity index (χ2n) is 3.52. The number of halogens is 1. The second-order valence-corrected chi connectivity index (χ2v) is 3.79. The summed E-state index contributed by atoms with van der Waals surface area (Å²) in [5, 5.41) is 0. The summed E-state index contributed by atoms with van der Waals surface area (Å²) < 4.78 is 2.15. The average Bonchev–Trinajstić information content (AvgIpc) is 2.52. The van der Waals surface area contributed by atoms with Crippen molar-refractivity contribution in [3.05, 3.63) is 18.2 Å². The Bertz CT molecular complexity index is 245. The number of hydrogen-bond acceptors (Lipinski definition) is 1. The summed E-state index contributed by atoms with van der Waals surface area (Å²) in [5.74, 6) is 2.19. The Morgan fingerprint density at radius 2 is 2.38 bits per heavy atom. The van der Waals surface area contributed by atoms with E-state index in [4.69, 9.17) is 11.6 Å². The monoisotopic (exact) mass is 200 g/mol. The minimum absolute atomic E-state index is 0.506. The number of hydrogen-bond donors (Lipinski definition) is 0. The fraction of sp³-hybridized carbons (Fsp3) is 0.700. The molecule has 0 aliphatic rings. The van der Waals surface area contributed by atoms with E-state index in [2.05, 4.69) is 23.4 Å². The molecule has 1 rings (SSSR count). The summed E-state index contributed by atoms with van der Waals surface area (Å²) in [6.07, 6.45) is 6.33. The van der Waals surface area contributed by atoms with E-state index in [9.17, 15) is 0 Å². The predicted octanol–water partition coefficient (Wildman–Crippen LogP) is 3.06. The third kappa shape index (κ3) is 3.03. The van der Waals surface area contributed by atoms with E-state index in [-0.39, 0.29) is 0 Å². The van der Waals surface area contributed by atoms with Crippen LogP contribution in [0.15, 0.2) is 12.4 Å². The molecule has 1 atom stereocenters. The van der Waals surface area contributed by atoms with Gasteiger partial charge in [0.2, 0.25) is 0 Å². The molecule has 1 aromatic rings. The number of rotatable bonds is 5. The van der Waals surface area contributed by atoms with Gasteiger partial charge in [0.25, 0.3) is 0 Å². The van der Waals surface area contributed by atoms with E-state index >= 15 is 0 Å². The molecular weight excluding hydrogens is 184 g/mol. The molecule has 1 heterocycles. The molecule has 0 spiro atoms. The van der Waals surface area contributed by atoms with E-state index in [0.717, 1.165) is 12.4 Å². The topological polar surface area (TPSA) is 17.8 Å². The third-order valence-electron chi connectivity index (χ3n) is 2.21. The van der Waals surface area contributed by atoms with E-state index in [1.54, 1.807) is 0 Å². The first-order chi connectivity index (χ1) is 6.27. The molecule has 0 aliphatic heterocycles. The molecule has 1 aromatic heterocycles. The highest BCUT2D eigenvalue weighted by Crippen LogP contribution is 2.10. The average molecular weight is 201 g/mol. The van der Waals surface area contributed by atoms with Gasteiger partial charge in [0.1, 0.15) is 5.82 Å². The number of aromatic nitrogens is 2. The number of alkyl halides is 1. The maximum absolute atomic E-state index is 5.75. The van der Waals surface area contributed by atoms with Crippen molar-refractivity contribution in [2.24, 2.45) is 5.92 Å². The minimum atomic E-state index is 0.506. The highest BCUT2D eigenvalue weighted by Gasteiger charge is 2.05. The van der Waals surface area contributed by atoms with E-state index in [0.29, 0.717) is 11.8 Å². The van der Waals surface area contributed by atoms with Crippen molar-refractivity contribution >= 4 is 11.6 Å². The molecule has 74 valence electrons. The summed E-state index contributed by atoms with van der Waals surface area (Å²) in [6, 6.07) is 0. The van der Waals surface area contributed by atoms with Gasteiger partial charge >= 0.3 is 0 Å². The van der Waals surface area contributed by atoms with Crippen molar-refractivity contribution < 1.29 is 0 Å². The second kappa shape index (κ2) is 5.28. The van der Waals surface area contributed by atoms with Crippen LogP contribution in [-0.2, 0) is 12.4 Å². The zero-order valence-electron chi connectivity index (χ0n) is 8.33. The van der Waals surface area contributed by atoms with Gasteiger partial charge in [-0.3, -0.25) is 0 Å². The zero-order chi connectivity index (χ0) is 9.68. The lowest BCUT2D eigenvalue weighted by atomic mass is 10.1. The lowest BCUT2D eigenvalue weighted by Crippen LogP contribution is -2.09. The first-order valence-corrected chi connectivity index (χ1v) is 5.37. The molecule has 0 aliphatic carbocycles. The van der Waals surface area contributed by atoms with E-state index < -0.39 is 0 Å². The maximum Gasteiger partial charge on any atom is 0.123 e. The molecule has 0 radical (unpaired) electrons.